The molecule has 1 amide bonds. The minimum atomic E-state index is -0.179. The first-order chi connectivity index (χ1) is 11.6. The van der Waals surface area contributed by atoms with Crippen LogP contribution in [0.3, 0.4) is 0 Å². The Bertz CT molecular complexity index is 804. The standard InChI is InChI=1S/C19H18N2O3/c1-12-17(15(7-8-20-12)13-5-3-2-4-6-13)18(22)21-9-14-11-24-19(23)16(14)10-21/h2-8,14,16H,9-11H2,1H3/t14-,16-/m1/s1. The van der Waals surface area contributed by atoms with Gasteiger partial charge in [-0.15, -0.1) is 0 Å². The number of aryl methyl sites for hydroxylation is 1. The van der Waals surface area contributed by atoms with E-state index in [1.165, 1.54) is 0 Å². The second kappa shape index (κ2) is 5.74. The number of aromatic nitrogens is 1. The fourth-order valence-electron chi connectivity index (χ4n) is 3.62. The second-order valence-corrected chi connectivity index (χ2v) is 6.39. The molecule has 5 nitrogen and oxygen atoms in total. The third-order valence-corrected chi connectivity index (χ3v) is 4.91. The van der Waals surface area contributed by atoms with E-state index in [9.17, 15) is 9.59 Å². The highest BCUT2D eigenvalue weighted by Crippen LogP contribution is 2.33. The molecule has 0 N–H and O–H groups in total. The second-order valence-electron chi connectivity index (χ2n) is 6.39. The molecule has 5 heteroatoms. The SMILES string of the molecule is Cc1nccc(-c2ccccc2)c1C(=O)N1C[C@@H]2COC(=O)[C@@H]2C1. The summed E-state index contributed by atoms with van der Waals surface area (Å²) in [6.07, 6.45) is 1.73. The van der Waals surface area contributed by atoms with Gasteiger partial charge in [0.05, 0.1) is 23.8 Å². The summed E-state index contributed by atoms with van der Waals surface area (Å²) in [5.74, 6) is -0.284. The van der Waals surface area contributed by atoms with Gasteiger partial charge in [0.15, 0.2) is 0 Å². The van der Waals surface area contributed by atoms with Crippen molar-refractivity contribution in [3.05, 3.63) is 53.9 Å². The predicted molar refractivity (Wildman–Crippen MR) is 88.3 cm³/mol. The smallest absolute Gasteiger partial charge is 0.311 e. The van der Waals surface area contributed by atoms with Crippen molar-refractivity contribution in [1.82, 2.24) is 9.88 Å². The van der Waals surface area contributed by atoms with Gasteiger partial charge in [0.2, 0.25) is 0 Å². The molecule has 3 heterocycles. The number of esters is 1. The molecule has 2 aliphatic rings. The topological polar surface area (TPSA) is 59.5 Å². The summed E-state index contributed by atoms with van der Waals surface area (Å²) in [5.41, 5.74) is 3.20. The van der Waals surface area contributed by atoms with Crippen molar-refractivity contribution in [2.45, 2.75) is 6.92 Å². The van der Waals surface area contributed by atoms with Crippen molar-refractivity contribution in [2.75, 3.05) is 19.7 Å². The molecule has 1 aromatic carbocycles. The van der Waals surface area contributed by atoms with E-state index < -0.39 is 0 Å². The largest absolute Gasteiger partial charge is 0.465 e. The molecule has 0 spiro atoms. The van der Waals surface area contributed by atoms with Crippen LogP contribution < -0.4 is 0 Å². The maximum absolute atomic E-state index is 13.1. The molecule has 24 heavy (non-hydrogen) atoms. The highest BCUT2D eigenvalue weighted by atomic mass is 16.5. The Morgan fingerprint density at radius 2 is 2.00 bits per heavy atom. The lowest BCUT2D eigenvalue weighted by Gasteiger charge is -2.20. The van der Waals surface area contributed by atoms with Crippen LogP contribution in [0.25, 0.3) is 11.1 Å². The van der Waals surface area contributed by atoms with Crippen molar-refractivity contribution < 1.29 is 14.3 Å². The average molecular weight is 322 g/mol. The summed E-state index contributed by atoms with van der Waals surface area (Å²) in [4.78, 5) is 31.0. The van der Waals surface area contributed by atoms with Gasteiger partial charge in [-0.1, -0.05) is 30.3 Å². The zero-order valence-corrected chi connectivity index (χ0v) is 13.4. The van der Waals surface area contributed by atoms with Crippen molar-refractivity contribution in [3.8, 4) is 11.1 Å². The summed E-state index contributed by atoms with van der Waals surface area (Å²) in [6, 6.07) is 11.7. The molecule has 0 bridgehead atoms. The molecule has 0 radical (unpaired) electrons. The number of likely N-dealkylation sites (tertiary alicyclic amines) is 1. The van der Waals surface area contributed by atoms with Crippen molar-refractivity contribution >= 4 is 11.9 Å². The van der Waals surface area contributed by atoms with E-state index in [-0.39, 0.29) is 23.7 Å². The molecule has 2 aliphatic heterocycles. The summed E-state index contributed by atoms with van der Waals surface area (Å²) >= 11 is 0. The first-order valence-corrected chi connectivity index (χ1v) is 8.12. The third-order valence-electron chi connectivity index (χ3n) is 4.91. The number of nitrogens with zero attached hydrogens (tertiary/aromatic N) is 2. The number of benzene rings is 1. The van der Waals surface area contributed by atoms with Crippen LogP contribution in [0, 0.1) is 18.8 Å². The van der Waals surface area contributed by atoms with E-state index >= 15 is 0 Å². The molecule has 2 saturated heterocycles. The van der Waals surface area contributed by atoms with Gasteiger partial charge in [0, 0.05) is 25.2 Å². The van der Waals surface area contributed by atoms with Crippen LogP contribution in [0.15, 0.2) is 42.6 Å². The molecule has 2 aromatic rings. The maximum atomic E-state index is 13.1. The van der Waals surface area contributed by atoms with Crippen LogP contribution in [-0.2, 0) is 9.53 Å². The lowest BCUT2D eigenvalue weighted by molar-refractivity contribution is -0.141. The first-order valence-electron chi connectivity index (χ1n) is 8.12. The summed E-state index contributed by atoms with van der Waals surface area (Å²) in [5, 5.41) is 0. The number of ether oxygens (including phenoxy) is 1. The molecule has 4 rings (SSSR count). The molecule has 2 atom stereocenters. The van der Waals surface area contributed by atoms with Crippen molar-refractivity contribution in [2.24, 2.45) is 11.8 Å². The van der Waals surface area contributed by atoms with E-state index in [2.05, 4.69) is 4.98 Å². The van der Waals surface area contributed by atoms with Gasteiger partial charge in [-0.05, 0) is 24.1 Å². The van der Waals surface area contributed by atoms with Crippen LogP contribution in [0.4, 0.5) is 0 Å². The number of hydrogen-bond donors (Lipinski definition) is 0. The lowest BCUT2D eigenvalue weighted by atomic mass is 9.98. The number of carbonyl (C=O) groups excluding carboxylic acids is 2. The predicted octanol–water partition coefficient (Wildman–Crippen LogP) is 2.30. The van der Waals surface area contributed by atoms with E-state index in [1.807, 2.05) is 43.3 Å². The Labute approximate surface area is 140 Å². The van der Waals surface area contributed by atoms with Crippen molar-refractivity contribution in [1.29, 1.82) is 0 Å². The van der Waals surface area contributed by atoms with Crippen LogP contribution in [0.1, 0.15) is 16.1 Å². The van der Waals surface area contributed by atoms with Crippen LogP contribution >= 0.6 is 0 Å². The number of cyclic esters (lactones) is 1. The van der Waals surface area contributed by atoms with Gasteiger partial charge in [0.1, 0.15) is 0 Å². The first kappa shape index (κ1) is 14.9. The monoisotopic (exact) mass is 322 g/mol. The minimum Gasteiger partial charge on any atom is -0.465 e. The Morgan fingerprint density at radius 1 is 1.21 bits per heavy atom. The number of carbonyl (C=O) groups is 2. The average Bonchev–Trinajstić information content (AvgIpc) is 3.17. The number of amides is 1. The van der Waals surface area contributed by atoms with E-state index in [1.54, 1.807) is 11.1 Å². The highest BCUT2D eigenvalue weighted by Gasteiger charge is 2.45. The molecule has 0 unspecified atom stereocenters. The Morgan fingerprint density at radius 3 is 2.75 bits per heavy atom. The quantitative estimate of drug-likeness (QED) is 0.796. The number of rotatable bonds is 2. The van der Waals surface area contributed by atoms with Gasteiger partial charge < -0.3 is 9.64 Å². The Balaban J connectivity index is 1.69. The fraction of sp³-hybridized carbons (Fsp3) is 0.316. The van der Waals surface area contributed by atoms with E-state index in [0.29, 0.717) is 31.0 Å². The molecule has 0 aliphatic carbocycles. The fourth-order valence-corrected chi connectivity index (χ4v) is 3.62. The molecule has 1 aromatic heterocycles. The zero-order chi connectivity index (χ0) is 16.7. The molecule has 0 saturated carbocycles. The summed E-state index contributed by atoms with van der Waals surface area (Å²) in [6.45, 7) is 3.28. The zero-order valence-electron chi connectivity index (χ0n) is 13.4. The van der Waals surface area contributed by atoms with Gasteiger partial charge in [0.25, 0.3) is 5.91 Å². The summed E-state index contributed by atoms with van der Waals surface area (Å²) in [7, 11) is 0. The van der Waals surface area contributed by atoms with Gasteiger partial charge in [-0.25, -0.2) is 0 Å². The van der Waals surface area contributed by atoms with Gasteiger partial charge in [-0.3, -0.25) is 14.6 Å². The van der Waals surface area contributed by atoms with Crippen LogP contribution in [-0.4, -0.2) is 41.5 Å². The van der Waals surface area contributed by atoms with Gasteiger partial charge >= 0.3 is 5.97 Å². The molecule has 122 valence electrons. The minimum absolute atomic E-state index is 0.0540. The Hall–Kier alpha value is -2.69. The number of pyridine rings is 1. The van der Waals surface area contributed by atoms with E-state index in [0.717, 1.165) is 11.1 Å². The molecular formula is C19H18N2O3. The lowest BCUT2D eigenvalue weighted by Crippen LogP contribution is -2.32. The third kappa shape index (κ3) is 2.37. The summed E-state index contributed by atoms with van der Waals surface area (Å²) < 4.78 is 5.08. The van der Waals surface area contributed by atoms with Crippen LogP contribution in [0.5, 0.6) is 0 Å². The van der Waals surface area contributed by atoms with E-state index in [4.69, 9.17) is 4.74 Å². The molecular weight excluding hydrogens is 304 g/mol. The van der Waals surface area contributed by atoms with Gasteiger partial charge in [-0.2, -0.15) is 0 Å². The maximum Gasteiger partial charge on any atom is 0.311 e. The van der Waals surface area contributed by atoms with Crippen molar-refractivity contribution in [3.63, 3.8) is 0 Å². The number of fused-ring (bicyclic) bond motifs is 1. The highest BCUT2D eigenvalue weighted by molar-refractivity contribution is 6.02. The number of hydrogen-bond acceptors (Lipinski definition) is 4. The Kier molecular flexibility index (Phi) is 3.56. The molecule has 2 fully saturated rings. The normalized spacial score (nSPS) is 22.4. The van der Waals surface area contributed by atoms with Crippen LogP contribution in [0.2, 0.25) is 0 Å².